The Hall–Kier alpha value is -0.610. The molecule has 4 nitrogen and oxygen atoms in total. The van der Waals surface area contributed by atoms with E-state index in [1.165, 1.54) is 0 Å². The van der Waals surface area contributed by atoms with Gasteiger partial charge < -0.3 is 14.6 Å². The highest BCUT2D eigenvalue weighted by molar-refractivity contribution is 5.66. The standard InChI is InChI=1S/C10H20O4/c1-10(2,3)14-7-4-6-13-8-5-9(11)12/h4-8H2,1-3H3,(H,11,12). The monoisotopic (exact) mass is 204 g/mol. The molecule has 0 saturated carbocycles. The van der Waals surface area contributed by atoms with Crippen molar-refractivity contribution in [1.29, 1.82) is 0 Å². The summed E-state index contributed by atoms with van der Waals surface area (Å²) in [6.07, 6.45) is 0.872. The van der Waals surface area contributed by atoms with Crippen LogP contribution in [-0.2, 0) is 14.3 Å². The van der Waals surface area contributed by atoms with Crippen LogP contribution in [-0.4, -0.2) is 36.5 Å². The Bertz CT molecular complexity index is 160. The van der Waals surface area contributed by atoms with E-state index in [2.05, 4.69) is 0 Å². The summed E-state index contributed by atoms with van der Waals surface area (Å²) in [5, 5.41) is 8.32. The first-order chi connectivity index (χ1) is 6.42. The molecule has 0 spiro atoms. The van der Waals surface area contributed by atoms with Crippen LogP contribution in [0.1, 0.15) is 33.6 Å². The Morgan fingerprint density at radius 3 is 2.36 bits per heavy atom. The van der Waals surface area contributed by atoms with E-state index in [0.717, 1.165) is 6.42 Å². The topological polar surface area (TPSA) is 55.8 Å². The van der Waals surface area contributed by atoms with Gasteiger partial charge in [0, 0.05) is 13.2 Å². The van der Waals surface area contributed by atoms with Crippen molar-refractivity contribution in [2.24, 2.45) is 0 Å². The molecule has 84 valence electrons. The Kier molecular flexibility index (Phi) is 6.49. The van der Waals surface area contributed by atoms with Gasteiger partial charge in [-0.25, -0.2) is 0 Å². The van der Waals surface area contributed by atoms with E-state index in [4.69, 9.17) is 14.6 Å². The molecule has 0 fully saturated rings. The van der Waals surface area contributed by atoms with Gasteiger partial charge in [-0.3, -0.25) is 4.79 Å². The second kappa shape index (κ2) is 6.79. The van der Waals surface area contributed by atoms with Crippen LogP contribution in [0.5, 0.6) is 0 Å². The average molecular weight is 204 g/mol. The number of aliphatic carboxylic acids is 1. The van der Waals surface area contributed by atoms with Crippen LogP contribution in [0.15, 0.2) is 0 Å². The Morgan fingerprint density at radius 1 is 1.21 bits per heavy atom. The molecule has 0 rings (SSSR count). The van der Waals surface area contributed by atoms with Gasteiger partial charge in [0.05, 0.1) is 18.6 Å². The molecular formula is C10H20O4. The molecule has 0 atom stereocenters. The second-order valence-electron chi connectivity index (χ2n) is 4.07. The maximum absolute atomic E-state index is 10.1. The summed E-state index contributed by atoms with van der Waals surface area (Å²) in [6, 6.07) is 0. The molecule has 0 radical (unpaired) electrons. The first-order valence-electron chi connectivity index (χ1n) is 4.85. The Labute approximate surface area is 85.2 Å². The van der Waals surface area contributed by atoms with Gasteiger partial charge in [-0.2, -0.15) is 0 Å². The largest absolute Gasteiger partial charge is 0.481 e. The van der Waals surface area contributed by atoms with Crippen LogP contribution in [0, 0.1) is 0 Å². The molecule has 0 unspecified atom stereocenters. The predicted octanol–water partition coefficient (Wildman–Crippen LogP) is 1.68. The van der Waals surface area contributed by atoms with Gasteiger partial charge in [-0.05, 0) is 27.2 Å². The van der Waals surface area contributed by atoms with E-state index in [1.54, 1.807) is 0 Å². The predicted molar refractivity (Wildman–Crippen MR) is 53.4 cm³/mol. The highest BCUT2D eigenvalue weighted by Gasteiger charge is 2.08. The molecule has 0 aromatic carbocycles. The summed E-state index contributed by atoms with van der Waals surface area (Å²) in [4.78, 5) is 10.1. The van der Waals surface area contributed by atoms with Crippen molar-refractivity contribution >= 4 is 5.97 Å². The van der Waals surface area contributed by atoms with Gasteiger partial charge in [0.25, 0.3) is 0 Å². The lowest BCUT2D eigenvalue weighted by atomic mass is 10.2. The fourth-order valence-electron chi connectivity index (χ4n) is 0.801. The third-order valence-electron chi connectivity index (χ3n) is 1.43. The van der Waals surface area contributed by atoms with Gasteiger partial charge >= 0.3 is 5.97 Å². The lowest BCUT2D eigenvalue weighted by Crippen LogP contribution is -2.20. The van der Waals surface area contributed by atoms with Crippen molar-refractivity contribution in [3.05, 3.63) is 0 Å². The van der Waals surface area contributed by atoms with Crippen molar-refractivity contribution in [2.45, 2.75) is 39.2 Å². The van der Waals surface area contributed by atoms with Crippen LogP contribution < -0.4 is 0 Å². The van der Waals surface area contributed by atoms with Gasteiger partial charge in [0.1, 0.15) is 0 Å². The third-order valence-corrected chi connectivity index (χ3v) is 1.43. The molecule has 0 bridgehead atoms. The number of ether oxygens (including phenoxy) is 2. The zero-order valence-corrected chi connectivity index (χ0v) is 9.21. The van der Waals surface area contributed by atoms with Gasteiger partial charge in [-0.15, -0.1) is 0 Å². The molecule has 4 heteroatoms. The van der Waals surface area contributed by atoms with Crippen molar-refractivity contribution in [3.63, 3.8) is 0 Å². The van der Waals surface area contributed by atoms with Crippen molar-refractivity contribution in [3.8, 4) is 0 Å². The summed E-state index contributed by atoms with van der Waals surface area (Å²) in [6.45, 7) is 7.49. The van der Waals surface area contributed by atoms with Crippen LogP contribution in [0.2, 0.25) is 0 Å². The lowest BCUT2D eigenvalue weighted by Gasteiger charge is -2.19. The van der Waals surface area contributed by atoms with Crippen LogP contribution >= 0.6 is 0 Å². The Balaban J connectivity index is 3.11. The van der Waals surface area contributed by atoms with E-state index in [9.17, 15) is 4.79 Å². The highest BCUT2D eigenvalue weighted by Crippen LogP contribution is 2.06. The van der Waals surface area contributed by atoms with E-state index < -0.39 is 5.97 Å². The van der Waals surface area contributed by atoms with Gasteiger partial charge in [-0.1, -0.05) is 0 Å². The highest BCUT2D eigenvalue weighted by atomic mass is 16.5. The molecule has 0 aliphatic heterocycles. The first-order valence-corrected chi connectivity index (χ1v) is 4.85. The molecule has 0 heterocycles. The maximum Gasteiger partial charge on any atom is 0.305 e. The van der Waals surface area contributed by atoms with E-state index >= 15 is 0 Å². The second-order valence-corrected chi connectivity index (χ2v) is 4.07. The number of hydrogen-bond acceptors (Lipinski definition) is 3. The van der Waals surface area contributed by atoms with Crippen LogP contribution in [0.3, 0.4) is 0 Å². The number of carboxylic acids is 1. The van der Waals surface area contributed by atoms with Crippen LogP contribution in [0.4, 0.5) is 0 Å². The van der Waals surface area contributed by atoms with Crippen molar-refractivity contribution < 1.29 is 19.4 Å². The normalized spacial score (nSPS) is 11.6. The molecule has 14 heavy (non-hydrogen) atoms. The van der Waals surface area contributed by atoms with E-state index in [0.29, 0.717) is 13.2 Å². The number of carboxylic acid groups (broad SMARTS) is 1. The maximum atomic E-state index is 10.1. The summed E-state index contributed by atoms with van der Waals surface area (Å²) in [5.41, 5.74) is -0.110. The summed E-state index contributed by atoms with van der Waals surface area (Å²) < 4.78 is 10.6. The minimum absolute atomic E-state index is 0.0696. The number of hydrogen-bond donors (Lipinski definition) is 1. The fourth-order valence-corrected chi connectivity index (χ4v) is 0.801. The fraction of sp³-hybridized carbons (Fsp3) is 0.900. The smallest absolute Gasteiger partial charge is 0.305 e. The molecular weight excluding hydrogens is 184 g/mol. The molecule has 0 aliphatic carbocycles. The van der Waals surface area contributed by atoms with E-state index in [-0.39, 0.29) is 18.6 Å². The summed E-state index contributed by atoms with van der Waals surface area (Å²) >= 11 is 0. The zero-order chi connectivity index (χ0) is 11.0. The summed E-state index contributed by atoms with van der Waals surface area (Å²) in [7, 11) is 0. The first kappa shape index (κ1) is 13.4. The summed E-state index contributed by atoms with van der Waals surface area (Å²) in [5.74, 6) is -0.823. The molecule has 0 amide bonds. The number of carbonyl (C=O) groups is 1. The SMILES string of the molecule is CC(C)(C)OCCCOCCC(=O)O. The minimum atomic E-state index is -0.823. The quantitative estimate of drug-likeness (QED) is 0.641. The average Bonchev–Trinajstić information content (AvgIpc) is 2.00. The van der Waals surface area contributed by atoms with E-state index in [1.807, 2.05) is 20.8 Å². The van der Waals surface area contributed by atoms with Crippen molar-refractivity contribution in [2.75, 3.05) is 19.8 Å². The number of rotatable bonds is 7. The molecule has 0 saturated heterocycles. The molecule has 1 N–H and O–H groups in total. The Morgan fingerprint density at radius 2 is 1.86 bits per heavy atom. The third kappa shape index (κ3) is 11.4. The van der Waals surface area contributed by atoms with Crippen molar-refractivity contribution in [1.82, 2.24) is 0 Å². The molecule has 0 aromatic heterocycles. The lowest BCUT2D eigenvalue weighted by molar-refractivity contribution is -0.138. The molecule has 0 aliphatic rings. The zero-order valence-electron chi connectivity index (χ0n) is 9.21. The van der Waals surface area contributed by atoms with Gasteiger partial charge in [0.15, 0.2) is 0 Å². The van der Waals surface area contributed by atoms with Gasteiger partial charge in [0.2, 0.25) is 0 Å². The molecule has 0 aromatic rings. The van der Waals surface area contributed by atoms with Crippen LogP contribution in [0.25, 0.3) is 0 Å². The minimum Gasteiger partial charge on any atom is -0.481 e.